The number of allylic oxidation sites excluding steroid dienone is 1. The lowest BCUT2D eigenvalue weighted by atomic mass is 9.90. The van der Waals surface area contributed by atoms with Crippen LogP contribution in [-0.2, 0) is 4.79 Å². The van der Waals surface area contributed by atoms with Gasteiger partial charge in [-0.2, -0.15) is 0 Å². The van der Waals surface area contributed by atoms with Crippen molar-refractivity contribution in [2.24, 2.45) is 0 Å². The van der Waals surface area contributed by atoms with Crippen molar-refractivity contribution in [2.45, 2.75) is 25.4 Å². The second-order valence-electron chi connectivity index (χ2n) is 5.37. The summed E-state index contributed by atoms with van der Waals surface area (Å²) in [5.74, 6) is 0.497. The van der Waals surface area contributed by atoms with Gasteiger partial charge in [0, 0.05) is 24.5 Å². The first-order valence-corrected chi connectivity index (χ1v) is 7.09. The van der Waals surface area contributed by atoms with Gasteiger partial charge in [-0.3, -0.25) is 9.36 Å². The maximum Gasteiger partial charge on any atom is 0.163 e. The van der Waals surface area contributed by atoms with Gasteiger partial charge < -0.3 is 10.4 Å². The summed E-state index contributed by atoms with van der Waals surface area (Å²) < 4.78 is 1.83. The van der Waals surface area contributed by atoms with E-state index in [0.717, 1.165) is 29.9 Å². The Kier molecular flexibility index (Phi) is 2.68. The summed E-state index contributed by atoms with van der Waals surface area (Å²) >= 11 is 0. The van der Waals surface area contributed by atoms with Gasteiger partial charge in [-0.15, -0.1) is 0 Å². The highest BCUT2D eigenvalue weighted by atomic mass is 16.3. The van der Waals surface area contributed by atoms with Gasteiger partial charge in [0.1, 0.15) is 11.9 Å². The highest BCUT2D eigenvalue weighted by Crippen LogP contribution is 2.36. The van der Waals surface area contributed by atoms with E-state index in [1.807, 2.05) is 28.8 Å². The van der Waals surface area contributed by atoms with Crippen molar-refractivity contribution in [3.05, 3.63) is 53.8 Å². The summed E-state index contributed by atoms with van der Waals surface area (Å²) in [6.45, 7) is 0. The summed E-state index contributed by atoms with van der Waals surface area (Å²) in [5, 5.41) is 14.0. The number of anilines is 1. The van der Waals surface area contributed by atoms with Crippen LogP contribution >= 0.6 is 0 Å². The van der Waals surface area contributed by atoms with Crippen LogP contribution in [0.25, 0.3) is 5.69 Å². The number of nitrogens with zero attached hydrogens (tertiary/aromatic N) is 2. The lowest BCUT2D eigenvalue weighted by Gasteiger charge is -2.28. The normalized spacial score (nSPS) is 20.8. The number of ketones is 1. The number of carbonyl (C=O) groups is 1. The van der Waals surface area contributed by atoms with Gasteiger partial charge in [-0.1, -0.05) is 12.1 Å². The first kappa shape index (κ1) is 12.3. The fourth-order valence-corrected chi connectivity index (χ4v) is 3.11. The van der Waals surface area contributed by atoms with Crippen LogP contribution in [0.3, 0.4) is 0 Å². The van der Waals surface area contributed by atoms with E-state index in [1.54, 1.807) is 12.4 Å². The number of aliphatic hydroxyl groups excluding tert-OH is 1. The van der Waals surface area contributed by atoms with E-state index in [-0.39, 0.29) is 5.78 Å². The second kappa shape index (κ2) is 4.56. The van der Waals surface area contributed by atoms with Gasteiger partial charge in [0.25, 0.3) is 0 Å². The molecule has 0 spiro atoms. The second-order valence-corrected chi connectivity index (χ2v) is 5.37. The zero-order valence-corrected chi connectivity index (χ0v) is 11.4. The van der Waals surface area contributed by atoms with Crippen LogP contribution < -0.4 is 5.32 Å². The monoisotopic (exact) mass is 281 g/mol. The molecule has 21 heavy (non-hydrogen) atoms. The highest BCUT2D eigenvalue weighted by molar-refractivity contribution is 5.98. The number of hydrogen-bond acceptors (Lipinski definition) is 4. The van der Waals surface area contributed by atoms with Gasteiger partial charge in [0.15, 0.2) is 5.78 Å². The highest BCUT2D eigenvalue weighted by Gasteiger charge is 2.32. The van der Waals surface area contributed by atoms with Crippen molar-refractivity contribution in [1.82, 2.24) is 9.55 Å². The fourth-order valence-electron chi connectivity index (χ4n) is 3.11. The lowest BCUT2D eigenvalue weighted by molar-refractivity contribution is -0.117. The number of Topliss-reactive ketones (excluding diaryl/α,β-unsaturated/α-hetero) is 1. The number of fused-ring (bicyclic) bond motifs is 3. The Morgan fingerprint density at radius 2 is 2.14 bits per heavy atom. The van der Waals surface area contributed by atoms with Crippen molar-refractivity contribution in [2.75, 3.05) is 5.32 Å². The third-order valence-corrected chi connectivity index (χ3v) is 4.09. The molecule has 2 heterocycles. The van der Waals surface area contributed by atoms with Crippen LogP contribution in [-0.4, -0.2) is 20.4 Å². The molecule has 2 aliphatic rings. The van der Waals surface area contributed by atoms with E-state index in [0.29, 0.717) is 17.8 Å². The van der Waals surface area contributed by atoms with Gasteiger partial charge in [0.2, 0.25) is 0 Å². The van der Waals surface area contributed by atoms with E-state index in [1.165, 1.54) is 0 Å². The predicted octanol–water partition coefficient (Wildman–Crippen LogP) is 2.34. The first-order valence-electron chi connectivity index (χ1n) is 7.09. The number of para-hydroxylation sites is 2. The molecule has 2 N–H and O–H groups in total. The number of carbonyl (C=O) groups excluding carboxylic acids is 1. The molecule has 0 fully saturated rings. The molecule has 5 nitrogen and oxygen atoms in total. The molecule has 0 radical (unpaired) electrons. The van der Waals surface area contributed by atoms with Crippen molar-refractivity contribution in [3.8, 4) is 5.69 Å². The molecule has 0 saturated carbocycles. The Bertz CT molecular complexity index is 760. The lowest BCUT2D eigenvalue weighted by Crippen LogP contribution is -2.25. The molecule has 0 saturated heterocycles. The van der Waals surface area contributed by atoms with Gasteiger partial charge >= 0.3 is 0 Å². The summed E-state index contributed by atoms with van der Waals surface area (Å²) in [6, 6.07) is 7.84. The van der Waals surface area contributed by atoms with Crippen LogP contribution in [0.15, 0.2) is 47.9 Å². The van der Waals surface area contributed by atoms with Crippen molar-refractivity contribution in [3.63, 3.8) is 0 Å². The minimum Gasteiger partial charge on any atom is -0.380 e. The number of rotatable bonds is 0. The number of aliphatic hydroxyl groups is 1. The van der Waals surface area contributed by atoms with E-state index >= 15 is 0 Å². The molecular weight excluding hydrogens is 266 g/mol. The first-order chi connectivity index (χ1) is 10.3. The maximum atomic E-state index is 12.3. The van der Waals surface area contributed by atoms with Crippen molar-refractivity contribution < 1.29 is 9.90 Å². The molecule has 1 aliphatic heterocycles. The van der Waals surface area contributed by atoms with Crippen molar-refractivity contribution >= 4 is 11.5 Å². The van der Waals surface area contributed by atoms with Crippen LogP contribution in [0.4, 0.5) is 5.69 Å². The number of hydrogen-bond donors (Lipinski definition) is 2. The molecule has 0 amide bonds. The molecule has 1 unspecified atom stereocenters. The van der Waals surface area contributed by atoms with E-state index in [2.05, 4.69) is 10.3 Å². The molecule has 0 bridgehead atoms. The number of aromatic nitrogens is 2. The molecule has 1 aromatic carbocycles. The Balaban J connectivity index is 2.00. The molecule has 1 aromatic heterocycles. The largest absolute Gasteiger partial charge is 0.380 e. The maximum absolute atomic E-state index is 12.3. The average Bonchev–Trinajstić information content (AvgIpc) is 2.95. The summed E-state index contributed by atoms with van der Waals surface area (Å²) in [4.78, 5) is 16.5. The topological polar surface area (TPSA) is 67.1 Å². The smallest absolute Gasteiger partial charge is 0.163 e. The number of nitrogens with one attached hydrogen (secondary N) is 1. The summed E-state index contributed by atoms with van der Waals surface area (Å²) in [5.41, 5.74) is 3.13. The number of benzene rings is 1. The zero-order valence-electron chi connectivity index (χ0n) is 11.4. The predicted molar refractivity (Wildman–Crippen MR) is 78.0 cm³/mol. The standard InChI is InChI=1S/C16H15N3O2/c20-13-7-3-5-11-14(13)15(21)16-17-8-9-19(16)12-6-2-1-4-10(12)18-11/h1-2,4,6,8-9,15,18,21H,3,5,7H2. The molecule has 106 valence electrons. The Morgan fingerprint density at radius 3 is 3.05 bits per heavy atom. The van der Waals surface area contributed by atoms with E-state index in [9.17, 15) is 9.90 Å². The van der Waals surface area contributed by atoms with Gasteiger partial charge in [-0.25, -0.2) is 4.98 Å². The van der Waals surface area contributed by atoms with Crippen LogP contribution in [0.5, 0.6) is 0 Å². The summed E-state index contributed by atoms with van der Waals surface area (Å²) in [7, 11) is 0. The fraction of sp³-hybridized carbons (Fsp3) is 0.250. The Labute approximate surface area is 121 Å². The minimum absolute atomic E-state index is 0.00480. The molecule has 2 aromatic rings. The average molecular weight is 281 g/mol. The van der Waals surface area contributed by atoms with E-state index < -0.39 is 6.10 Å². The van der Waals surface area contributed by atoms with Crippen LogP contribution in [0.1, 0.15) is 31.2 Å². The van der Waals surface area contributed by atoms with Crippen LogP contribution in [0.2, 0.25) is 0 Å². The molecule has 1 aliphatic carbocycles. The minimum atomic E-state index is -0.983. The Morgan fingerprint density at radius 1 is 1.29 bits per heavy atom. The third-order valence-electron chi connectivity index (χ3n) is 4.09. The van der Waals surface area contributed by atoms with Crippen molar-refractivity contribution in [1.29, 1.82) is 0 Å². The molecule has 1 atom stereocenters. The van der Waals surface area contributed by atoms with Gasteiger partial charge in [0.05, 0.1) is 16.9 Å². The van der Waals surface area contributed by atoms with Crippen LogP contribution in [0, 0.1) is 0 Å². The van der Waals surface area contributed by atoms with Gasteiger partial charge in [-0.05, 0) is 25.0 Å². The Hall–Kier alpha value is -2.40. The SMILES string of the molecule is O=C1CCCC2=C1C(O)c1nccn1-c1ccccc1N2. The van der Waals surface area contributed by atoms with E-state index in [4.69, 9.17) is 0 Å². The zero-order chi connectivity index (χ0) is 14.4. The molecule has 5 heteroatoms. The molecular formula is C16H15N3O2. The summed E-state index contributed by atoms with van der Waals surface area (Å²) in [6.07, 6.45) is 4.54. The third kappa shape index (κ3) is 1.81. The quantitative estimate of drug-likeness (QED) is 0.778. The number of imidazole rings is 1. The molecule has 4 rings (SSSR count).